The average Bonchev–Trinajstić information content (AvgIpc) is 3.13. The van der Waals surface area contributed by atoms with Crippen LogP contribution in [0.15, 0.2) is 40.8 Å². The highest BCUT2D eigenvalue weighted by molar-refractivity contribution is 5.95. The van der Waals surface area contributed by atoms with E-state index >= 15 is 0 Å². The van der Waals surface area contributed by atoms with E-state index in [1.54, 1.807) is 24.3 Å². The Morgan fingerprint density at radius 3 is 2.64 bits per heavy atom. The number of piperidine rings is 3. The molecule has 5 heteroatoms. The van der Waals surface area contributed by atoms with Gasteiger partial charge >= 0.3 is 0 Å². The maximum atomic E-state index is 12.5. The fourth-order valence-corrected chi connectivity index (χ4v) is 3.87. The third-order valence-electron chi connectivity index (χ3n) is 5.36. The summed E-state index contributed by atoms with van der Waals surface area (Å²) in [5.74, 6) is 1.35. The quantitative estimate of drug-likeness (QED) is 0.871. The van der Waals surface area contributed by atoms with Gasteiger partial charge < -0.3 is 14.6 Å². The Morgan fingerprint density at radius 1 is 1.16 bits per heavy atom. The van der Waals surface area contributed by atoms with Gasteiger partial charge in [-0.1, -0.05) is 18.2 Å². The van der Waals surface area contributed by atoms with Crippen LogP contribution in [0.25, 0.3) is 11.3 Å². The van der Waals surface area contributed by atoms with Gasteiger partial charge in [-0.25, -0.2) is 0 Å². The van der Waals surface area contributed by atoms with Crippen LogP contribution in [-0.4, -0.2) is 42.3 Å². The molecule has 4 heterocycles. The van der Waals surface area contributed by atoms with Gasteiger partial charge in [0.1, 0.15) is 5.76 Å². The standard InChI is InChI=1S/C20H22N2O3/c1-13(23)15-3-2-4-16(11-15)18-5-6-19(25-18)20(24)21-17-12-22-9-7-14(17)8-10-22/h2-6,11,14,17H,7-10,12H2,1H3,(H,21,24)/t17-/m0/s1. The zero-order chi connectivity index (χ0) is 17.4. The molecule has 2 aromatic rings. The van der Waals surface area contributed by atoms with Crippen molar-refractivity contribution in [2.75, 3.05) is 19.6 Å². The van der Waals surface area contributed by atoms with Gasteiger partial charge in [0.2, 0.25) is 0 Å². The van der Waals surface area contributed by atoms with E-state index in [9.17, 15) is 9.59 Å². The van der Waals surface area contributed by atoms with Gasteiger partial charge in [-0.05, 0) is 57.0 Å². The van der Waals surface area contributed by atoms with Crippen LogP contribution < -0.4 is 5.32 Å². The highest BCUT2D eigenvalue weighted by Crippen LogP contribution is 2.28. The molecule has 0 spiro atoms. The Hall–Kier alpha value is -2.40. The molecule has 1 aromatic heterocycles. The molecule has 0 radical (unpaired) electrons. The minimum Gasteiger partial charge on any atom is -0.451 e. The SMILES string of the molecule is CC(=O)c1cccc(-c2ccc(C(=O)N[C@H]3CN4CCC3CC4)o2)c1. The number of hydrogen-bond donors (Lipinski definition) is 1. The second-order valence-corrected chi connectivity index (χ2v) is 7.02. The van der Waals surface area contributed by atoms with E-state index < -0.39 is 0 Å². The second kappa shape index (κ2) is 6.48. The normalized spacial score (nSPS) is 24.9. The summed E-state index contributed by atoms with van der Waals surface area (Å²) >= 11 is 0. The molecule has 0 saturated carbocycles. The molecule has 3 aliphatic rings. The number of nitrogens with zero attached hydrogens (tertiary/aromatic N) is 1. The van der Waals surface area contributed by atoms with Crippen LogP contribution in [0.5, 0.6) is 0 Å². The lowest BCUT2D eigenvalue weighted by Gasteiger charge is -2.44. The summed E-state index contributed by atoms with van der Waals surface area (Å²) in [5.41, 5.74) is 1.43. The summed E-state index contributed by atoms with van der Waals surface area (Å²) in [6.07, 6.45) is 2.32. The van der Waals surface area contributed by atoms with Crippen LogP contribution in [-0.2, 0) is 0 Å². The van der Waals surface area contributed by atoms with Crippen molar-refractivity contribution in [1.29, 1.82) is 0 Å². The van der Waals surface area contributed by atoms with Crippen LogP contribution in [0.4, 0.5) is 0 Å². The number of nitrogens with one attached hydrogen (secondary N) is 1. The number of carbonyl (C=O) groups excluding carboxylic acids is 2. The topological polar surface area (TPSA) is 62.6 Å². The monoisotopic (exact) mass is 338 g/mol. The molecule has 130 valence electrons. The number of Topliss-reactive ketones (excluding diaryl/α,β-unsaturated/α-hetero) is 1. The van der Waals surface area contributed by atoms with Gasteiger partial charge in [0, 0.05) is 23.7 Å². The van der Waals surface area contributed by atoms with Gasteiger partial charge in [0.05, 0.1) is 0 Å². The van der Waals surface area contributed by atoms with Gasteiger partial charge in [0.15, 0.2) is 11.5 Å². The molecular formula is C20H22N2O3. The fourth-order valence-electron chi connectivity index (χ4n) is 3.87. The molecule has 2 bridgehead atoms. The lowest BCUT2D eigenvalue weighted by atomic mass is 9.84. The van der Waals surface area contributed by atoms with Crippen LogP contribution in [0.1, 0.15) is 40.7 Å². The number of ketones is 1. The largest absolute Gasteiger partial charge is 0.451 e. The molecule has 5 nitrogen and oxygen atoms in total. The average molecular weight is 338 g/mol. The summed E-state index contributed by atoms with van der Waals surface area (Å²) < 4.78 is 5.75. The molecule has 0 aliphatic carbocycles. The molecule has 1 amide bonds. The summed E-state index contributed by atoms with van der Waals surface area (Å²) in [4.78, 5) is 26.5. The smallest absolute Gasteiger partial charge is 0.287 e. The van der Waals surface area contributed by atoms with Crippen molar-refractivity contribution >= 4 is 11.7 Å². The van der Waals surface area contributed by atoms with E-state index in [0.29, 0.717) is 23.0 Å². The zero-order valence-corrected chi connectivity index (χ0v) is 14.3. The van der Waals surface area contributed by atoms with Crippen molar-refractivity contribution in [3.8, 4) is 11.3 Å². The Balaban J connectivity index is 1.48. The fraction of sp³-hybridized carbons (Fsp3) is 0.400. The molecule has 0 unspecified atom stereocenters. The second-order valence-electron chi connectivity index (χ2n) is 7.02. The Kier molecular flexibility index (Phi) is 4.17. The van der Waals surface area contributed by atoms with Crippen molar-refractivity contribution in [2.45, 2.75) is 25.8 Å². The van der Waals surface area contributed by atoms with E-state index in [1.807, 2.05) is 12.1 Å². The van der Waals surface area contributed by atoms with Crippen LogP contribution >= 0.6 is 0 Å². The number of furan rings is 1. The van der Waals surface area contributed by atoms with Crippen molar-refractivity contribution in [3.05, 3.63) is 47.7 Å². The van der Waals surface area contributed by atoms with Gasteiger partial charge in [0.25, 0.3) is 5.91 Å². The number of hydrogen-bond acceptors (Lipinski definition) is 4. The molecule has 25 heavy (non-hydrogen) atoms. The molecule has 3 fully saturated rings. The molecular weight excluding hydrogens is 316 g/mol. The number of benzene rings is 1. The Bertz CT molecular complexity index is 803. The highest BCUT2D eigenvalue weighted by atomic mass is 16.3. The van der Waals surface area contributed by atoms with Crippen molar-refractivity contribution in [2.24, 2.45) is 5.92 Å². The summed E-state index contributed by atoms with van der Waals surface area (Å²) in [5, 5.41) is 3.13. The molecule has 5 rings (SSSR count). The van der Waals surface area contributed by atoms with Crippen LogP contribution in [0.3, 0.4) is 0 Å². The zero-order valence-electron chi connectivity index (χ0n) is 14.3. The third kappa shape index (κ3) is 3.24. The molecule has 1 aromatic carbocycles. The number of amides is 1. The first-order valence-corrected chi connectivity index (χ1v) is 8.84. The van der Waals surface area contributed by atoms with Gasteiger partial charge in [-0.3, -0.25) is 9.59 Å². The Morgan fingerprint density at radius 2 is 1.96 bits per heavy atom. The van der Waals surface area contributed by atoms with Crippen molar-refractivity contribution in [3.63, 3.8) is 0 Å². The minimum atomic E-state index is -0.160. The molecule has 3 saturated heterocycles. The van der Waals surface area contributed by atoms with Gasteiger partial charge in [-0.2, -0.15) is 0 Å². The van der Waals surface area contributed by atoms with E-state index in [4.69, 9.17) is 4.42 Å². The number of carbonyl (C=O) groups is 2. The van der Waals surface area contributed by atoms with E-state index in [-0.39, 0.29) is 17.7 Å². The van der Waals surface area contributed by atoms with E-state index in [0.717, 1.165) is 38.0 Å². The summed E-state index contributed by atoms with van der Waals surface area (Å²) in [7, 11) is 0. The lowest BCUT2D eigenvalue weighted by Crippen LogP contribution is -2.57. The number of fused-ring (bicyclic) bond motifs is 3. The van der Waals surface area contributed by atoms with Crippen molar-refractivity contribution < 1.29 is 14.0 Å². The van der Waals surface area contributed by atoms with Crippen LogP contribution in [0.2, 0.25) is 0 Å². The first kappa shape index (κ1) is 16.1. The first-order valence-electron chi connectivity index (χ1n) is 8.84. The summed E-state index contributed by atoms with van der Waals surface area (Å²) in [6, 6.07) is 11.0. The molecule has 1 N–H and O–H groups in total. The van der Waals surface area contributed by atoms with Crippen LogP contribution in [0, 0.1) is 5.92 Å². The maximum Gasteiger partial charge on any atom is 0.287 e. The summed E-state index contributed by atoms with van der Waals surface area (Å²) in [6.45, 7) is 4.77. The van der Waals surface area contributed by atoms with Gasteiger partial charge in [-0.15, -0.1) is 0 Å². The maximum absolute atomic E-state index is 12.5. The predicted octanol–water partition coefficient (Wildman–Crippen LogP) is 2.97. The predicted molar refractivity (Wildman–Crippen MR) is 94.6 cm³/mol. The lowest BCUT2D eigenvalue weighted by molar-refractivity contribution is 0.0606. The van der Waals surface area contributed by atoms with Crippen molar-refractivity contribution in [1.82, 2.24) is 10.2 Å². The van der Waals surface area contributed by atoms with E-state index in [1.165, 1.54) is 6.92 Å². The molecule has 3 aliphatic heterocycles. The minimum absolute atomic E-state index is 0.00808. The third-order valence-corrected chi connectivity index (χ3v) is 5.36. The molecule has 1 atom stereocenters. The highest BCUT2D eigenvalue weighted by Gasteiger charge is 2.35. The van der Waals surface area contributed by atoms with E-state index in [2.05, 4.69) is 10.2 Å². The first-order chi connectivity index (χ1) is 12.1. The number of rotatable bonds is 4. The Labute approximate surface area is 147 Å².